The molecule has 6 heteroatoms. The van der Waals surface area contributed by atoms with Gasteiger partial charge in [0, 0.05) is 11.4 Å². The third kappa shape index (κ3) is 3.73. The van der Waals surface area contributed by atoms with Gasteiger partial charge in [-0.15, -0.1) is 11.3 Å². The van der Waals surface area contributed by atoms with Gasteiger partial charge in [-0.2, -0.15) is 0 Å². The van der Waals surface area contributed by atoms with E-state index in [2.05, 4.69) is 15.3 Å². The van der Waals surface area contributed by atoms with Crippen molar-refractivity contribution in [3.8, 4) is 10.4 Å². The fourth-order valence-electron chi connectivity index (χ4n) is 3.15. The van der Waals surface area contributed by atoms with Gasteiger partial charge in [0.1, 0.15) is 10.7 Å². The van der Waals surface area contributed by atoms with E-state index >= 15 is 0 Å². The van der Waals surface area contributed by atoms with Gasteiger partial charge in [0.05, 0.1) is 11.8 Å². The van der Waals surface area contributed by atoms with E-state index in [4.69, 9.17) is 0 Å². The molecule has 2 aromatic carbocycles. The van der Waals surface area contributed by atoms with Crippen molar-refractivity contribution in [1.29, 1.82) is 0 Å². The molecule has 0 fully saturated rings. The van der Waals surface area contributed by atoms with Gasteiger partial charge in [0.25, 0.3) is 5.56 Å². The van der Waals surface area contributed by atoms with Gasteiger partial charge >= 0.3 is 0 Å². The molecule has 2 N–H and O–H groups in total. The van der Waals surface area contributed by atoms with Crippen molar-refractivity contribution in [3.63, 3.8) is 0 Å². The van der Waals surface area contributed by atoms with Gasteiger partial charge in [0.2, 0.25) is 5.91 Å². The third-order valence-electron chi connectivity index (χ3n) is 4.55. The van der Waals surface area contributed by atoms with Crippen LogP contribution in [-0.2, 0) is 17.8 Å². The molecule has 0 unspecified atom stereocenters. The molecule has 4 aromatic rings. The van der Waals surface area contributed by atoms with Crippen molar-refractivity contribution in [2.45, 2.75) is 19.9 Å². The summed E-state index contributed by atoms with van der Waals surface area (Å²) in [5.41, 5.74) is 2.80. The fourth-order valence-corrected chi connectivity index (χ4v) is 4.35. The molecule has 1 amide bonds. The number of nitrogens with zero attached hydrogens (tertiary/aromatic N) is 1. The predicted molar refractivity (Wildman–Crippen MR) is 112 cm³/mol. The van der Waals surface area contributed by atoms with Crippen LogP contribution in [0.5, 0.6) is 0 Å². The van der Waals surface area contributed by atoms with Gasteiger partial charge in [-0.25, -0.2) is 4.98 Å². The van der Waals surface area contributed by atoms with Crippen LogP contribution in [0.2, 0.25) is 0 Å². The standard InChI is InChI=1S/C22H19N3O2S/c1-14-19-21(27)24-17(12-18(26)23-13-15-8-4-2-5-9-15)25-22(19)28-20(14)16-10-6-3-7-11-16/h2-11H,12-13H2,1H3,(H,23,26)(H,24,25,27). The minimum absolute atomic E-state index is 0.0373. The summed E-state index contributed by atoms with van der Waals surface area (Å²) in [5.74, 6) is 0.201. The number of aromatic nitrogens is 2. The lowest BCUT2D eigenvalue weighted by Crippen LogP contribution is -2.26. The van der Waals surface area contributed by atoms with Gasteiger partial charge in [-0.1, -0.05) is 60.7 Å². The van der Waals surface area contributed by atoms with Crippen molar-refractivity contribution in [2.24, 2.45) is 0 Å². The molecule has 0 radical (unpaired) electrons. The van der Waals surface area contributed by atoms with E-state index in [1.807, 2.05) is 67.6 Å². The average molecular weight is 389 g/mol. The Bertz CT molecular complexity index is 1180. The number of rotatable bonds is 5. The third-order valence-corrected chi connectivity index (χ3v) is 5.78. The number of aryl methyl sites for hydroxylation is 1. The first-order valence-electron chi connectivity index (χ1n) is 9.00. The number of fused-ring (bicyclic) bond motifs is 1. The number of aromatic amines is 1. The molecule has 0 bridgehead atoms. The average Bonchev–Trinajstić information content (AvgIpc) is 3.05. The van der Waals surface area contributed by atoms with Crippen molar-refractivity contribution >= 4 is 27.5 Å². The summed E-state index contributed by atoms with van der Waals surface area (Å²) < 4.78 is 0. The highest BCUT2D eigenvalue weighted by atomic mass is 32.1. The van der Waals surface area contributed by atoms with E-state index in [0.29, 0.717) is 22.6 Å². The van der Waals surface area contributed by atoms with Crippen molar-refractivity contribution in [3.05, 3.63) is 88.0 Å². The number of hydrogen-bond donors (Lipinski definition) is 2. The molecule has 0 saturated heterocycles. The van der Waals surface area contributed by atoms with Gasteiger partial charge < -0.3 is 10.3 Å². The van der Waals surface area contributed by atoms with Crippen LogP contribution in [0, 0.1) is 6.92 Å². The topological polar surface area (TPSA) is 74.8 Å². The summed E-state index contributed by atoms with van der Waals surface area (Å²) in [7, 11) is 0. The lowest BCUT2D eigenvalue weighted by atomic mass is 10.1. The second-order valence-electron chi connectivity index (χ2n) is 6.55. The maximum Gasteiger partial charge on any atom is 0.259 e. The number of benzene rings is 2. The molecule has 0 aliphatic heterocycles. The zero-order valence-corrected chi connectivity index (χ0v) is 16.2. The van der Waals surface area contributed by atoms with E-state index < -0.39 is 0 Å². The molecule has 5 nitrogen and oxygen atoms in total. The molecule has 28 heavy (non-hydrogen) atoms. The Balaban J connectivity index is 1.57. The normalized spacial score (nSPS) is 10.9. The monoisotopic (exact) mass is 389 g/mol. The van der Waals surface area contributed by atoms with Crippen LogP contribution in [0.25, 0.3) is 20.7 Å². The Morgan fingerprint density at radius 2 is 1.75 bits per heavy atom. The van der Waals surface area contributed by atoms with E-state index in [-0.39, 0.29) is 17.9 Å². The summed E-state index contributed by atoms with van der Waals surface area (Å²) in [5, 5.41) is 3.45. The summed E-state index contributed by atoms with van der Waals surface area (Å²) >= 11 is 1.48. The number of carbonyl (C=O) groups is 1. The molecule has 140 valence electrons. The first-order valence-corrected chi connectivity index (χ1v) is 9.82. The number of amides is 1. The van der Waals surface area contributed by atoms with Crippen LogP contribution in [-0.4, -0.2) is 15.9 Å². The van der Waals surface area contributed by atoms with Gasteiger partial charge in [-0.05, 0) is 23.6 Å². The van der Waals surface area contributed by atoms with Crippen molar-refractivity contribution < 1.29 is 4.79 Å². The summed E-state index contributed by atoms with van der Waals surface area (Å²) in [6.45, 7) is 2.38. The second kappa shape index (κ2) is 7.78. The Hall–Kier alpha value is -3.25. The Morgan fingerprint density at radius 1 is 1.07 bits per heavy atom. The zero-order chi connectivity index (χ0) is 19.5. The Labute approximate surface area is 166 Å². The summed E-state index contributed by atoms with van der Waals surface area (Å²) in [6.07, 6.45) is 0.0373. The molecule has 2 aromatic heterocycles. The van der Waals surface area contributed by atoms with Crippen LogP contribution in [0.4, 0.5) is 0 Å². The maximum absolute atomic E-state index is 12.6. The van der Waals surface area contributed by atoms with E-state index in [0.717, 1.165) is 21.6 Å². The van der Waals surface area contributed by atoms with Gasteiger partial charge in [0.15, 0.2) is 0 Å². The van der Waals surface area contributed by atoms with E-state index in [1.165, 1.54) is 11.3 Å². The molecule has 0 saturated carbocycles. The Kier molecular flexibility index (Phi) is 5.04. The van der Waals surface area contributed by atoms with Crippen LogP contribution >= 0.6 is 11.3 Å². The van der Waals surface area contributed by atoms with E-state index in [9.17, 15) is 9.59 Å². The molecule has 2 heterocycles. The Morgan fingerprint density at radius 3 is 2.46 bits per heavy atom. The second-order valence-corrected chi connectivity index (χ2v) is 7.55. The molecule has 0 aliphatic rings. The lowest BCUT2D eigenvalue weighted by molar-refractivity contribution is -0.120. The highest BCUT2D eigenvalue weighted by molar-refractivity contribution is 7.22. The largest absolute Gasteiger partial charge is 0.352 e. The van der Waals surface area contributed by atoms with Crippen molar-refractivity contribution in [1.82, 2.24) is 15.3 Å². The number of thiophene rings is 1. The number of carbonyl (C=O) groups excluding carboxylic acids is 1. The minimum atomic E-state index is -0.202. The molecule has 0 aliphatic carbocycles. The first kappa shape index (κ1) is 18.1. The molecular weight excluding hydrogens is 370 g/mol. The van der Waals surface area contributed by atoms with E-state index in [1.54, 1.807) is 0 Å². The fraction of sp³-hybridized carbons (Fsp3) is 0.136. The predicted octanol–water partition coefficient (Wildman–Crippen LogP) is 3.82. The number of nitrogens with one attached hydrogen (secondary N) is 2. The molecular formula is C22H19N3O2S. The lowest BCUT2D eigenvalue weighted by Gasteiger charge is -2.05. The van der Waals surface area contributed by atoms with Crippen LogP contribution < -0.4 is 10.9 Å². The summed E-state index contributed by atoms with van der Waals surface area (Å²) in [6, 6.07) is 19.6. The van der Waals surface area contributed by atoms with Crippen LogP contribution in [0.15, 0.2) is 65.5 Å². The maximum atomic E-state index is 12.6. The quantitative estimate of drug-likeness (QED) is 0.545. The van der Waals surface area contributed by atoms with Crippen LogP contribution in [0.3, 0.4) is 0 Å². The van der Waals surface area contributed by atoms with Gasteiger partial charge in [-0.3, -0.25) is 9.59 Å². The minimum Gasteiger partial charge on any atom is -0.352 e. The SMILES string of the molecule is Cc1c(-c2ccccc2)sc2nc(CC(=O)NCc3ccccc3)[nH]c(=O)c12. The molecule has 0 atom stereocenters. The summed E-state index contributed by atoms with van der Waals surface area (Å²) in [4.78, 5) is 33.9. The smallest absolute Gasteiger partial charge is 0.259 e. The number of hydrogen-bond acceptors (Lipinski definition) is 4. The van der Waals surface area contributed by atoms with Crippen LogP contribution in [0.1, 0.15) is 17.0 Å². The van der Waals surface area contributed by atoms with Crippen molar-refractivity contribution in [2.75, 3.05) is 0 Å². The number of H-pyrrole nitrogens is 1. The highest BCUT2D eigenvalue weighted by Crippen LogP contribution is 2.35. The zero-order valence-electron chi connectivity index (χ0n) is 15.4. The molecule has 4 rings (SSSR count). The highest BCUT2D eigenvalue weighted by Gasteiger charge is 2.16. The first-order chi connectivity index (χ1) is 13.6. The molecule has 0 spiro atoms.